The van der Waals surface area contributed by atoms with Crippen LogP contribution in [-0.2, 0) is 11.2 Å². The lowest BCUT2D eigenvalue weighted by molar-refractivity contribution is -0.131. The number of nitrogens with zero attached hydrogens (tertiary/aromatic N) is 2. The van der Waals surface area contributed by atoms with Crippen molar-refractivity contribution >= 4 is 40.7 Å². The number of hydrogen-bond acceptors (Lipinski definition) is 6. The average Bonchev–Trinajstić information content (AvgIpc) is 3.17. The molecule has 1 fully saturated rings. The van der Waals surface area contributed by atoms with Crippen LogP contribution in [0.3, 0.4) is 0 Å². The van der Waals surface area contributed by atoms with Gasteiger partial charge in [-0.05, 0) is 13.0 Å². The lowest BCUT2D eigenvalue weighted by Crippen LogP contribution is -2.46. The average molecular weight is 371 g/mol. The smallest absolute Gasteiger partial charge is 0.260 e. The zero-order valence-electron chi connectivity index (χ0n) is 13.2. The molecule has 1 saturated heterocycles. The first kappa shape index (κ1) is 18.4. The number of aromatic nitrogens is 1. The number of carbonyl (C=O) groups excluding carboxylic acids is 2. The Balaban J connectivity index is 0.00000208. The van der Waals surface area contributed by atoms with Crippen LogP contribution in [-0.4, -0.2) is 47.9 Å². The van der Waals surface area contributed by atoms with Gasteiger partial charge in [0.15, 0.2) is 5.13 Å². The van der Waals surface area contributed by atoms with Crippen LogP contribution in [0, 0.1) is 6.92 Å². The van der Waals surface area contributed by atoms with E-state index in [1.54, 1.807) is 18.4 Å². The third-order valence-corrected chi connectivity index (χ3v) is 4.48. The van der Waals surface area contributed by atoms with E-state index >= 15 is 0 Å². The molecule has 0 aromatic carbocycles. The third kappa shape index (κ3) is 4.34. The molecule has 2 N–H and O–H groups in total. The van der Waals surface area contributed by atoms with Gasteiger partial charge in [-0.2, -0.15) is 0 Å². The molecule has 0 radical (unpaired) electrons. The molecule has 2 aromatic rings. The number of anilines is 1. The Labute approximate surface area is 149 Å². The zero-order chi connectivity index (χ0) is 16.2. The first-order valence-electron chi connectivity index (χ1n) is 7.42. The van der Waals surface area contributed by atoms with Crippen molar-refractivity contribution in [3.63, 3.8) is 0 Å². The van der Waals surface area contributed by atoms with Gasteiger partial charge in [-0.25, -0.2) is 4.98 Å². The van der Waals surface area contributed by atoms with Crippen LogP contribution in [0.2, 0.25) is 0 Å². The van der Waals surface area contributed by atoms with Crippen LogP contribution in [0.1, 0.15) is 21.8 Å². The Morgan fingerprint density at radius 2 is 2.17 bits per heavy atom. The summed E-state index contributed by atoms with van der Waals surface area (Å²) in [6, 6.07) is 1.62. The van der Waals surface area contributed by atoms with Crippen molar-refractivity contribution in [3.05, 3.63) is 34.7 Å². The van der Waals surface area contributed by atoms with E-state index in [9.17, 15) is 9.59 Å². The number of hydrogen-bond donors (Lipinski definition) is 2. The number of carbonyl (C=O) groups is 2. The summed E-state index contributed by atoms with van der Waals surface area (Å²) >= 11 is 1.31. The number of amides is 2. The Kier molecular flexibility index (Phi) is 6.36. The van der Waals surface area contributed by atoms with Gasteiger partial charge in [0.25, 0.3) is 5.91 Å². The standard InChI is InChI=1S/C15H18N4O3S.ClH/c1-10-12(2-7-22-10)14(21)18-15-17-11(9-23-15)8-13(20)19-5-3-16-4-6-19;/h2,7,9,16H,3-6,8H2,1H3,(H,17,18,21);1H. The van der Waals surface area contributed by atoms with Crippen molar-refractivity contribution in [2.45, 2.75) is 13.3 Å². The highest BCUT2D eigenvalue weighted by Gasteiger charge is 2.18. The van der Waals surface area contributed by atoms with E-state index in [4.69, 9.17) is 4.42 Å². The highest BCUT2D eigenvalue weighted by Crippen LogP contribution is 2.18. The van der Waals surface area contributed by atoms with Crippen molar-refractivity contribution in [1.29, 1.82) is 0 Å². The van der Waals surface area contributed by atoms with E-state index in [-0.39, 0.29) is 30.6 Å². The molecule has 0 bridgehead atoms. The van der Waals surface area contributed by atoms with Gasteiger partial charge in [0.05, 0.1) is 23.9 Å². The quantitative estimate of drug-likeness (QED) is 0.855. The predicted molar refractivity (Wildman–Crippen MR) is 93.9 cm³/mol. The van der Waals surface area contributed by atoms with E-state index < -0.39 is 0 Å². The van der Waals surface area contributed by atoms with E-state index in [1.165, 1.54) is 17.6 Å². The Morgan fingerprint density at radius 3 is 2.83 bits per heavy atom. The lowest BCUT2D eigenvalue weighted by Gasteiger charge is -2.27. The fraction of sp³-hybridized carbons (Fsp3) is 0.400. The van der Waals surface area contributed by atoms with Crippen LogP contribution < -0.4 is 10.6 Å². The summed E-state index contributed by atoms with van der Waals surface area (Å²) in [6.07, 6.45) is 1.74. The minimum absolute atomic E-state index is 0. The van der Waals surface area contributed by atoms with Gasteiger partial charge in [-0.3, -0.25) is 14.9 Å². The van der Waals surface area contributed by atoms with Crippen molar-refractivity contribution < 1.29 is 14.0 Å². The summed E-state index contributed by atoms with van der Waals surface area (Å²) < 4.78 is 5.12. The van der Waals surface area contributed by atoms with Crippen molar-refractivity contribution in [1.82, 2.24) is 15.2 Å². The number of thiazole rings is 1. The summed E-state index contributed by atoms with van der Waals surface area (Å²) in [5.74, 6) is 0.374. The predicted octanol–water partition coefficient (Wildman–Crippen LogP) is 1.69. The second-order valence-corrected chi connectivity index (χ2v) is 6.15. The molecule has 0 aliphatic carbocycles. The number of piperazine rings is 1. The number of rotatable bonds is 4. The van der Waals surface area contributed by atoms with Gasteiger partial charge in [-0.15, -0.1) is 23.7 Å². The van der Waals surface area contributed by atoms with Gasteiger partial charge in [0, 0.05) is 31.6 Å². The number of nitrogens with one attached hydrogen (secondary N) is 2. The van der Waals surface area contributed by atoms with E-state index in [0.717, 1.165) is 26.2 Å². The van der Waals surface area contributed by atoms with E-state index in [0.29, 0.717) is 22.1 Å². The van der Waals surface area contributed by atoms with Crippen LogP contribution in [0.4, 0.5) is 5.13 Å². The van der Waals surface area contributed by atoms with Crippen LogP contribution in [0.25, 0.3) is 0 Å². The fourth-order valence-corrected chi connectivity index (χ4v) is 3.12. The zero-order valence-corrected chi connectivity index (χ0v) is 14.8. The molecule has 1 aliphatic heterocycles. The minimum Gasteiger partial charge on any atom is -0.469 e. The van der Waals surface area contributed by atoms with Crippen molar-refractivity contribution in [2.75, 3.05) is 31.5 Å². The molecule has 0 saturated carbocycles. The molecule has 7 nitrogen and oxygen atoms in total. The first-order valence-corrected chi connectivity index (χ1v) is 8.30. The van der Waals surface area contributed by atoms with Crippen LogP contribution >= 0.6 is 23.7 Å². The highest BCUT2D eigenvalue weighted by molar-refractivity contribution is 7.14. The molecule has 2 amide bonds. The molecular weight excluding hydrogens is 352 g/mol. The van der Waals surface area contributed by atoms with Gasteiger partial charge in [-0.1, -0.05) is 0 Å². The van der Waals surface area contributed by atoms with Crippen molar-refractivity contribution in [3.8, 4) is 0 Å². The monoisotopic (exact) mass is 370 g/mol. The summed E-state index contributed by atoms with van der Waals surface area (Å²) in [5, 5.41) is 8.23. The fourth-order valence-electron chi connectivity index (χ4n) is 2.41. The van der Waals surface area contributed by atoms with E-state index in [1.807, 2.05) is 4.90 Å². The summed E-state index contributed by atoms with van der Waals surface area (Å²) in [5.41, 5.74) is 1.16. The third-order valence-electron chi connectivity index (χ3n) is 3.68. The second-order valence-electron chi connectivity index (χ2n) is 5.30. The second kappa shape index (κ2) is 8.27. The highest BCUT2D eigenvalue weighted by atomic mass is 35.5. The molecule has 3 rings (SSSR count). The largest absolute Gasteiger partial charge is 0.469 e. The molecule has 0 atom stereocenters. The van der Waals surface area contributed by atoms with Gasteiger partial charge >= 0.3 is 0 Å². The van der Waals surface area contributed by atoms with Crippen LogP contribution in [0.5, 0.6) is 0 Å². The molecule has 1 aliphatic rings. The molecule has 130 valence electrons. The van der Waals surface area contributed by atoms with E-state index in [2.05, 4.69) is 15.6 Å². The number of halogens is 1. The molecule has 2 aromatic heterocycles. The maximum Gasteiger partial charge on any atom is 0.260 e. The Hall–Kier alpha value is -1.90. The van der Waals surface area contributed by atoms with Gasteiger partial charge in [0.2, 0.25) is 5.91 Å². The van der Waals surface area contributed by atoms with Gasteiger partial charge in [0.1, 0.15) is 5.76 Å². The summed E-state index contributed by atoms with van der Waals surface area (Å²) in [4.78, 5) is 30.4. The minimum atomic E-state index is -0.259. The molecule has 0 spiro atoms. The van der Waals surface area contributed by atoms with Gasteiger partial charge < -0.3 is 14.6 Å². The topological polar surface area (TPSA) is 87.5 Å². The number of aryl methyl sites for hydroxylation is 1. The van der Waals surface area contributed by atoms with Crippen LogP contribution in [0.15, 0.2) is 22.1 Å². The Bertz CT molecular complexity index is 709. The number of furan rings is 1. The molecular formula is C15H19ClN4O3S. The lowest BCUT2D eigenvalue weighted by atomic mass is 10.2. The normalized spacial score (nSPS) is 14.1. The first-order chi connectivity index (χ1) is 11.1. The molecule has 9 heteroatoms. The molecule has 3 heterocycles. The maximum absolute atomic E-state index is 12.2. The summed E-state index contributed by atoms with van der Waals surface area (Å²) in [7, 11) is 0. The van der Waals surface area contributed by atoms with Crippen molar-refractivity contribution in [2.24, 2.45) is 0 Å². The summed E-state index contributed by atoms with van der Waals surface area (Å²) in [6.45, 7) is 4.84. The molecule has 0 unspecified atom stereocenters. The SMILES string of the molecule is Cc1occc1C(=O)Nc1nc(CC(=O)N2CCNCC2)cs1.Cl. The molecule has 24 heavy (non-hydrogen) atoms. The maximum atomic E-state index is 12.2. The Morgan fingerprint density at radius 1 is 1.42 bits per heavy atom.